The summed E-state index contributed by atoms with van der Waals surface area (Å²) in [7, 11) is 2.52. The number of nitrogens with one attached hydrogen (secondary N) is 1. The van der Waals surface area contributed by atoms with E-state index < -0.39 is 6.10 Å². The quantitative estimate of drug-likeness (QED) is 0.484. The predicted molar refractivity (Wildman–Crippen MR) is 116 cm³/mol. The molecule has 0 aliphatic carbocycles. The van der Waals surface area contributed by atoms with Crippen molar-refractivity contribution in [2.45, 2.75) is 51.8 Å². The molecule has 146 valence electrons. The molecule has 0 radical (unpaired) electrons. The zero-order valence-corrected chi connectivity index (χ0v) is 17.3. The van der Waals surface area contributed by atoms with E-state index in [2.05, 4.69) is 50.7 Å². The first-order valence-electron chi connectivity index (χ1n) is 9.55. The maximum absolute atomic E-state index is 13.7. The smallest absolute Gasteiger partial charge is 0.124 e. The highest BCUT2D eigenvalue weighted by molar-refractivity contribution is 7.27. The van der Waals surface area contributed by atoms with Crippen molar-refractivity contribution in [1.29, 1.82) is 0 Å². The second-order valence-corrected chi connectivity index (χ2v) is 7.44. The predicted octanol–water partition coefficient (Wildman–Crippen LogP) is 3.43. The molecule has 0 aliphatic rings. The lowest BCUT2D eigenvalue weighted by molar-refractivity contribution is 0.142. The van der Waals surface area contributed by atoms with Crippen LogP contribution in [0.4, 0.5) is 4.39 Å². The maximum Gasteiger partial charge on any atom is 0.124 e. The maximum atomic E-state index is 13.7. The Morgan fingerprint density at radius 1 is 1.15 bits per heavy atom. The fourth-order valence-corrected chi connectivity index (χ4v) is 3.40. The van der Waals surface area contributed by atoms with E-state index in [0.717, 1.165) is 23.7 Å². The summed E-state index contributed by atoms with van der Waals surface area (Å²) in [4.78, 5) is 4.51. The molecule has 3 nitrogen and oxygen atoms in total. The Bertz CT molecular complexity index is 731. The normalized spacial score (nSPS) is 13.8. The molecule has 2 aromatic carbocycles. The monoisotopic (exact) mass is 388 g/mol. The summed E-state index contributed by atoms with van der Waals surface area (Å²) in [5.41, 5.74) is 3.35. The third kappa shape index (κ3) is 7.50. The summed E-state index contributed by atoms with van der Waals surface area (Å²) in [6.07, 6.45) is 3.50. The second kappa shape index (κ2) is 11.3. The number of hydrogen-bond donors (Lipinski definition) is 2. The van der Waals surface area contributed by atoms with E-state index in [1.54, 1.807) is 0 Å². The lowest BCUT2D eigenvalue weighted by Crippen LogP contribution is -2.36. The van der Waals surface area contributed by atoms with Gasteiger partial charge in [0, 0.05) is 13.1 Å². The van der Waals surface area contributed by atoms with E-state index in [9.17, 15) is 9.50 Å². The van der Waals surface area contributed by atoms with E-state index in [1.807, 2.05) is 19.2 Å². The molecule has 2 aromatic rings. The van der Waals surface area contributed by atoms with Gasteiger partial charge in [0.15, 0.2) is 0 Å². The molecule has 2 N–H and O–H groups in total. The highest BCUT2D eigenvalue weighted by Gasteiger charge is 2.18. The van der Waals surface area contributed by atoms with Crippen molar-refractivity contribution in [2.24, 2.45) is 4.99 Å². The second-order valence-electron chi connectivity index (χ2n) is 6.78. The van der Waals surface area contributed by atoms with Crippen LogP contribution < -0.4 is 10.6 Å². The van der Waals surface area contributed by atoms with Crippen LogP contribution in [0.5, 0.6) is 0 Å². The molecule has 2 rings (SSSR count). The minimum absolute atomic E-state index is 0.265. The van der Waals surface area contributed by atoms with Crippen LogP contribution in [0.15, 0.2) is 47.5 Å². The number of rotatable bonds is 10. The van der Waals surface area contributed by atoms with Gasteiger partial charge in [-0.3, -0.25) is 4.99 Å². The standard InChI is InChI=1S/C22H30FN2OP/c1-3-8-25-21(12-18-10-19(23)13-20(27)11-18)22(26)15-24-14-17-7-5-6-16(4-2)9-17/h5-11,13,21-22,24,26H,3-4,12,14-15,27H2,1-2H3. The van der Waals surface area contributed by atoms with Crippen LogP contribution in [0.25, 0.3) is 0 Å². The number of aliphatic hydroxyl groups excluding tert-OH is 1. The van der Waals surface area contributed by atoms with Crippen LogP contribution in [-0.4, -0.2) is 30.0 Å². The zero-order valence-electron chi connectivity index (χ0n) is 16.2. The van der Waals surface area contributed by atoms with Gasteiger partial charge >= 0.3 is 0 Å². The Balaban J connectivity index is 1.97. The lowest BCUT2D eigenvalue weighted by Gasteiger charge is -2.20. The number of halogens is 1. The van der Waals surface area contributed by atoms with Gasteiger partial charge in [0.05, 0.1) is 12.1 Å². The molecule has 0 aliphatic heterocycles. The van der Waals surface area contributed by atoms with Crippen LogP contribution in [-0.2, 0) is 19.4 Å². The van der Waals surface area contributed by atoms with Crippen molar-refractivity contribution >= 4 is 20.8 Å². The van der Waals surface area contributed by atoms with Gasteiger partial charge in [0.25, 0.3) is 0 Å². The van der Waals surface area contributed by atoms with E-state index in [1.165, 1.54) is 23.3 Å². The number of aliphatic imine (C=N–C) groups is 1. The molecule has 27 heavy (non-hydrogen) atoms. The molecule has 3 unspecified atom stereocenters. The molecule has 5 heteroatoms. The molecule has 0 fully saturated rings. The summed E-state index contributed by atoms with van der Waals surface area (Å²) in [5, 5.41) is 14.8. The van der Waals surface area contributed by atoms with Crippen molar-refractivity contribution in [3.05, 3.63) is 65.0 Å². The van der Waals surface area contributed by atoms with Crippen molar-refractivity contribution in [3.63, 3.8) is 0 Å². The first-order chi connectivity index (χ1) is 13.0. The van der Waals surface area contributed by atoms with Crippen LogP contribution in [0.2, 0.25) is 0 Å². The van der Waals surface area contributed by atoms with Gasteiger partial charge < -0.3 is 10.4 Å². The Hall–Kier alpha value is -1.61. The van der Waals surface area contributed by atoms with Crippen LogP contribution >= 0.6 is 9.24 Å². The average molecular weight is 388 g/mol. The van der Waals surface area contributed by atoms with Crippen LogP contribution in [0, 0.1) is 5.82 Å². The number of benzene rings is 2. The fourth-order valence-electron chi connectivity index (χ4n) is 3.02. The zero-order chi connectivity index (χ0) is 19.6. The van der Waals surface area contributed by atoms with Crippen LogP contribution in [0.3, 0.4) is 0 Å². The largest absolute Gasteiger partial charge is 0.390 e. The Morgan fingerprint density at radius 2 is 1.93 bits per heavy atom. The molecule has 0 spiro atoms. The third-order valence-electron chi connectivity index (χ3n) is 4.43. The molecule has 3 atom stereocenters. The average Bonchev–Trinajstić information content (AvgIpc) is 2.64. The highest BCUT2D eigenvalue weighted by atomic mass is 31.0. The summed E-state index contributed by atoms with van der Waals surface area (Å²) < 4.78 is 13.7. The van der Waals surface area contributed by atoms with Crippen molar-refractivity contribution in [2.75, 3.05) is 6.54 Å². The summed E-state index contributed by atoms with van der Waals surface area (Å²) in [6.45, 7) is 5.28. The Kier molecular flexibility index (Phi) is 9.06. The lowest BCUT2D eigenvalue weighted by atomic mass is 10.0. The molecule has 0 saturated carbocycles. The van der Waals surface area contributed by atoms with E-state index in [4.69, 9.17) is 0 Å². The topological polar surface area (TPSA) is 44.6 Å². The van der Waals surface area contributed by atoms with Gasteiger partial charge in [-0.1, -0.05) is 44.2 Å². The Labute approximate surface area is 164 Å². The number of aliphatic hydroxyl groups is 1. The molecule has 0 amide bonds. The number of nitrogens with zero attached hydrogens (tertiary/aromatic N) is 1. The first kappa shape index (κ1) is 21.7. The Morgan fingerprint density at radius 3 is 2.63 bits per heavy atom. The third-order valence-corrected chi connectivity index (χ3v) is 4.76. The van der Waals surface area contributed by atoms with E-state index in [-0.39, 0.29) is 11.9 Å². The van der Waals surface area contributed by atoms with E-state index >= 15 is 0 Å². The van der Waals surface area contributed by atoms with Crippen LogP contribution in [0.1, 0.15) is 37.0 Å². The SMILES string of the molecule is CCC=NC(Cc1cc(F)cc(P)c1)C(O)CNCc1cccc(CC)c1. The van der Waals surface area contributed by atoms with Gasteiger partial charge in [-0.15, -0.1) is 9.24 Å². The molecule has 0 heterocycles. The van der Waals surface area contributed by atoms with Gasteiger partial charge in [0.1, 0.15) is 5.82 Å². The summed E-state index contributed by atoms with van der Waals surface area (Å²) >= 11 is 0. The minimum atomic E-state index is -0.640. The molecular weight excluding hydrogens is 358 g/mol. The van der Waals surface area contributed by atoms with Crippen molar-refractivity contribution < 1.29 is 9.50 Å². The highest BCUT2D eigenvalue weighted by Crippen LogP contribution is 2.12. The summed E-state index contributed by atoms with van der Waals surface area (Å²) in [6, 6.07) is 13.0. The number of aryl methyl sites for hydroxylation is 1. The molecular formula is C22H30FN2OP. The molecule has 0 bridgehead atoms. The number of hydrogen-bond acceptors (Lipinski definition) is 3. The van der Waals surface area contributed by atoms with Crippen molar-refractivity contribution in [1.82, 2.24) is 5.32 Å². The van der Waals surface area contributed by atoms with Gasteiger partial charge in [-0.2, -0.15) is 0 Å². The minimum Gasteiger partial charge on any atom is -0.390 e. The van der Waals surface area contributed by atoms with Gasteiger partial charge in [-0.05, 0) is 59.6 Å². The fraction of sp³-hybridized carbons (Fsp3) is 0.409. The molecule has 0 saturated heterocycles. The van der Waals surface area contributed by atoms with Crippen molar-refractivity contribution in [3.8, 4) is 0 Å². The summed E-state index contributed by atoms with van der Waals surface area (Å²) in [5.74, 6) is -0.265. The molecule has 0 aromatic heterocycles. The van der Waals surface area contributed by atoms with Gasteiger partial charge in [0.2, 0.25) is 0 Å². The van der Waals surface area contributed by atoms with Gasteiger partial charge in [-0.25, -0.2) is 4.39 Å². The first-order valence-corrected chi connectivity index (χ1v) is 10.1. The van der Waals surface area contributed by atoms with E-state index in [0.29, 0.717) is 19.5 Å².